The molecule has 1 aliphatic rings. The molecular formula is C30H44N4O7. The smallest absolute Gasteiger partial charge is 0.351 e. The quantitative estimate of drug-likeness (QED) is 0.146. The van der Waals surface area contributed by atoms with Crippen LogP contribution in [0.5, 0.6) is 5.75 Å². The number of amides is 1. The Morgan fingerprint density at radius 3 is 1.98 bits per heavy atom. The number of benzene rings is 2. The number of carboxylic acids is 2. The maximum absolute atomic E-state index is 10.6. The third kappa shape index (κ3) is 20.4. The second kappa shape index (κ2) is 22.6. The molecule has 1 amide bonds. The molecular weight excluding hydrogens is 528 g/mol. The van der Waals surface area contributed by atoms with Crippen molar-refractivity contribution in [2.75, 3.05) is 19.0 Å². The maximum atomic E-state index is 10.6. The zero-order valence-corrected chi connectivity index (χ0v) is 23.9. The predicted octanol–water partition coefficient (Wildman–Crippen LogP) is 3.71. The highest BCUT2D eigenvalue weighted by Crippen LogP contribution is 2.15. The summed E-state index contributed by atoms with van der Waals surface area (Å²) in [5.41, 5.74) is 17.9. The van der Waals surface area contributed by atoms with Gasteiger partial charge in [0.2, 0.25) is 5.91 Å². The van der Waals surface area contributed by atoms with Crippen LogP contribution in [0.15, 0.2) is 60.3 Å². The van der Waals surface area contributed by atoms with Crippen molar-refractivity contribution in [3.63, 3.8) is 0 Å². The summed E-state index contributed by atoms with van der Waals surface area (Å²) in [7, 11) is 1.58. The fourth-order valence-electron chi connectivity index (χ4n) is 3.36. The van der Waals surface area contributed by atoms with Crippen molar-refractivity contribution in [3.05, 3.63) is 71.4 Å². The first-order valence-electron chi connectivity index (χ1n) is 13.3. The van der Waals surface area contributed by atoms with E-state index in [1.165, 1.54) is 45.1 Å². The van der Waals surface area contributed by atoms with Crippen LogP contribution in [0, 0.1) is 0 Å². The molecule has 0 unspecified atom stereocenters. The number of hydrogen-bond acceptors (Lipinski definition) is 8. The van der Waals surface area contributed by atoms with Gasteiger partial charge in [-0.15, -0.1) is 0 Å². The number of allylic oxidation sites excluding steroid dienone is 1. The van der Waals surface area contributed by atoms with E-state index < -0.39 is 11.9 Å². The molecule has 1 saturated carbocycles. The monoisotopic (exact) mass is 572 g/mol. The minimum Gasteiger partial charge on any atom is -0.497 e. The first-order valence-corrected chi connectivity index (χ1v) is 13.3. The van der Waals surface area contributed by atoms with Gasteiger partial charge in [-0.3, -0.25) is 14.4 Å². The molecule has 1 aliphatic carbocycles. The van der Waals surface area contributed by atoms with Crippen molar-refractivity contribution in [2.24, 2.45) is 17.2 Å². The number of aldehydes is 1. The van der Waals surface area contributed by atoms with Gasteiger partial charge in [0.05, 0.1) is 13.5 Å². The highest BCUT2D eigenvalue weighted by atomic mass is 16.5. The number of hydrogen-bond donors (Lipinski definition) is 6. The lowest BCUT2D eigenvalue weighted by Crippen LogP contribution is -2.22. The van der Waals surface area contributed by atoms with Crippen LogP contribution in [-0.4, -0.2) is 54.0 Å². The first kappa shape index (κ1) is 36.8. The van der Waals surface area contributed by atoms with Crippen LogP contribution in [0.2, 0.25) is 0 Å². The number of nitrogens with one attached hydrogen (secondary N) is 1. The molecule has 9 N–H and O–H groups in total. The normalized spacial score (nSPS) is 12.5. The molecule has 3 rings (SSSR count). The zero-order chi connectivity index (χ0) is 31.0. The van der Waals surface area contributed by atoms with Crippen molar-refractivity contribution in [3.8, 4) is 5.75 Å². The molecule has 0 bridgehead atoms. The molecule has 1 fully saturated rings. The summed E-state index contributed by atoms with van der Waals surface area (Å²) < 4.78 is 4.93. The van der Waals surface area contributed by atoms with E-state index in [-0.39, 0.29) is 18.0 Å². The SMILES string of the molecule is CC(=O)Nc1ccc(C=O)cc1.COc1ccc(CC(=O)O)cc1.NC1CCCCC1.NCCC/C=C(\N)C(=O)O. The van der Waals surface area contributed by atoms with Crippen LogP contribution in [0.4, 0.5) is 5.69 Å². The topological polar surface area (TPSA) is 208 Å². The standard InChI is InChI=1S/C9H9NO2.C9H10O3.C6H12N2O2.C6H13N/c1-7(12)10-9-4-2-8(6-11)3-5-9;1-12-8-4-2-7(3-5-8)6-9(10)11;7-4-2-1-3-5(8)6(9)10;7-6-4-2-1-3-5-6/h2-6H,1H3,(H,10,12);2-5H,6H2,1H3,(H,10,11);3H,1-2,4,7-8H2,(H,9,10);6H,1-5,7H2/b;;5-3-;. The van der Waals surface area contributed by atoms with Crippen molar-refractivity contribution in [1.82, 2.24) is 0 Å². The summed E-state index contributed by atoms with van der Waals surface area (Å²) in [5.74, 6) is -1.27. The molecule has 0 aliphatic heterocycles. The molecule has 11 nitrogen and oxygen atoms in total. The van der Waals surface area contributed by atoms with E-state index in [1.807, 2.05) is 0 Å². The van der Waals surface area contributed by atoms with Gasteiger partial charge in [0, 0.05) is 24.2 Å². The van der Waals surface area contributed by atoms with Crippen LogP contribution in [0.1, 0.15) is 67.8 Å². The largest absolute Gasteiger partial charge is 0.497 e. The highest BCUT2D eigenvalue weighted by Gasteiger charge is 2.06. The van der Waals surface area contributed by atoms with Gasteiger partial charge in [-0.25, -0.2) is 4.79 Å². The van der Waals surface area contributed by atoms with Gasteiger partial charge in [0.1, 0.15) is 17.7 Å². The Hall–Kier alpha value is -4.22. The average Bonchev–Trinajstić information content (AvgIpc) is 2.95. The summed E-state index contributed by atoms with van der Waals surface area (Å²) in [4.78, 5) is 41.2. The second-order valence-electron chi connectivity index (χ2n) is 9.13. The molecule has 11 heteroatoms. The highest BCUT2D eigenvalue weighted by molar-refractivity contribution is 5.89. The van der Waals surface area contributed by atoms with Gasteiger partial charge >= 0.3 is 11.9 Å². The number of nitrogens with two attached hydrogens (primary N) is 3. The molecule has 41 heavy (non-hydrogen) atoms. The van der Waals surface area contributed by atoms with Gasteiger partial charge in [0.25, 0.3) is 0 Å². The summed E-state index contributed by atoms with van der Waals surface area (Å²) in [6.07, 6.45) is 10.4. The molecule has 2 aromatic carbocycles. The number of anilines is 1. The summed E-state index contributed by atoms with van der Waals surface area (Å²) in [6, 6.07) is 14.2. The average molecular weight is 573 g/mol. The minimum atomic E-state index is -1.07. The van der Waals surface area contributed by atoms with Crippen molar-refractivity contribution in [1.29, 1.82) is 0 Å². The van der Waals surface area contributed by atoms with Crippen LogP contribution in [0.3, 0.4) is 0 Å². The Kier molecular flexibility index (Phi) is 20.3. The summed E-state index contributed by atoms with van der Waals surface area (Å²) in [5, 5.41) is 19.3. The van der Waals surface area contributed by atoms with Gasteiger partial charge in [0.15, 0.2) is 0 Å². The maximum Gasteiger partial charge on any atom is 0.351 e. The summed E-state index contributed by atoms with van der Waals surface area (Å²) in [6.45, 7) is 2.00. The van der Waals surface area contributed by atoms with E-state index in [1.54, 1.807) is 55.6 Å². The Morgan fingerprint density at radius 1 is 1.00 bits per heavy atom. The number of carbonyl (C=O) groups is 4. The Balaban J connectivity index is 0.000000530. The fourth-order valence-corrected chi connectivity index (χ4v) is 3.36. The number of methoxy groups -OCH3 is 1. The van der Waals surface area contributed by atoms with E-state index >= 15 is 0 Å². The Morgan fingerprint density at radius 2 is 1.59 bits per heavy atom. The number of aliphatic carboxylic acids is 2. The number of carboxylic acid groups (broad SMARTS) is 2. The van der Waals surface area contributed by atoms with Crippen LogP contribution >= 0.6 is 0 Å². The van der Waals surface area contributed by atoms with Crippen molar-refractivity contribution < 1.29 is 34.1 Å². The summed E-state index contributed by atoms with van der Waals surface area (Å²) >= 11 is 0. The Labute approximate surface area is 241 Å². The molecule has 0 radical (unpaired) electrons. The molecule has 226 valence electrons. The zero-order valence-electron chi connectivity index (χ0n) is 23.9. The van der Waals surface area contributed by atoms with E-state index in [4.69, 9.17) is 32.2 Å². The van der Waals surface area contributed by atoms with Gasteiger partial charge in [-0.2, -0.15) is 0 Å². The third-order valence-corrected chi connectivity index (χ3v) is 5.55. The predicted molar refractivity (Wildman–Crippen MR) is 160 cm³/mol. The van der Waals surface area contributed by atoms with E-state index in [2.05, 4.69) is 5.32 Å². The van der Waals surface area contributed by atoms with Crippen molar-refractivity contribution >= 4 is 29.8 Å². The number of ether oxygens (including phenoxy) is 1. The molecule has 2 aromatic rings. The van der Waals surface area contributed by atoms with Crippen LogP contribution in [-0.2, 0) is 20.8 Å². The van der Waals surface area contributed by atoms with Gasteiger partial charge < -0.3 is 37.5 Å². The fraction of sp³-hybridized carbons (Fsp3) is 0.400. The van der Waals surface area contributed by atoms with Crippen LogP contribution in [0.25, 0.3) is 0 Å². The lowest BCUT2D eigenvalue weighted by Gasteiger charge is -2.15. The van der Waals surface area contributed by atoms with E-state index in [9.17, 15) is 19.2 Å². The van der Waals surface area contributed by atoms with Gasteiger partial charge in [-0.05, 0) is 74.2 Å². The van der Waals surface area contributed by atoms with E-state index in [0.717, 1.165) is 24.0 Å². The van der Waals surface area contributed by atoms with Gasteiger partial charge in [-0.1, -0.05) is 37.5 Å². The minimum absolute atomic E-state index is 0.0595. The number of unbranched alkanes of at least 4 members (excludes halogenated alkanes) is 1. The second-order valence-corrected chi connectivity index (χ2v) is 9.13. The lowest BCUT2D eigenvalue weighted by atomic mass is 9.97. The molecule has 0 atom stereocenters. The molecule has 0 spiro atoms. The van der Waals surface area contributed by atoms with Crippen molar-refractivity contribution in [2.45, 2.75) is 64.3 Å². The molecule has 0 aromatic heterocycles. The van der Waals surface area contributed by atoms with Crippen LogP contribution < -0.4 is 27.3 Å². The number of rotatable bonds is 9. The first-order chi connectivity index (χ1) is 19.5. The van der Waals surface area contributed by atoms with E-state index in [0.29, 0.717) is 30.3 Å². The molecule has 0 saturated heterocycles. The third-order valence-electron chi connectivity index (χ3n) is 5.55. The Bertz CT molecular complexity index is 1070. The number of carbonyl (C=O) groups excluding carboxylic acids is 2. The molecule has 0 heterocycles. The lowest BCUT2D eigenvalue weighted by molar-refractivity contribution is -0.136.